The molecule has 2 rings (SSSR count). The zero-order valence-corrected chi connectivity index (χ0v) is 8.94. The van der Waals surface area contributed by atoms with Crippen molar-refractivity contribution in [1.29, 1.82) is 0 Å². The van der Waals surface area contributed by atoms with Crippen LogP contribution in [0, 0.1) is 5.41 Å². The van der Waals surface area contributed by atoms with Crippen LogP contribution in [0.3, 0.4) is 0 Å². The summed E-state index contributed by atoms with van der Waals surface area (Å²) in [5.74, 6) is 0.0145. The van der Waals surface area contributed by atoms with E-state index in [0.717, 1.165) is 5.56 Å². The van der Waals surface area contributed by atoms with Crippen LogP contribution in [0.15, 0.2) is 24.5 Å². The molecule has 0 radical (unpaired) electrons. The Kier molecular flexibility index (Phi) is 2.47. The Labute approximate surface area is 89.7 Å². The first-order valence-corrected chi connectivity index (χ1v) is 5.30. The van der Waals surface area contributed by atoms with E-state index in [4.69, 9.17) is 5.73 Å². The Morgan fingerprint density at radius 3 is 2.87 bits per heavy atom. The van der Waals surface area contributed by atoms with Gasteiger partial charge in [0.05, 0.1) is 0 Å². The van der Waals surface area contributed by atoms with Crippen molar-refractivity contribution in [1.82, 2.24) is 4.98 Å². The second-order valence-electron chi connectivity index (χ2n) is 4.66. The third-order valence-corrected chi connectivity index (χ3v) is 3.37. The fraction of sp³-hybridized carbons (Fsp3) is 0.500. The lowest BCUT2D eigenvalue weighted by Crippen LogP contribution is -2.20. The van der Waals surface area contributed by atoms with Gasteiger partial charge in [0.25, 0.3) is 0 Å². The summed E-state index contributed by atoms with van der Waals surface area (Å²) in [7, 11) is 0. The van der Waals surface area contributed by atoms with Gasteiger partial charge in [0, 0.05) is 18.8 Å². The SMILES string of the molecule is CC1(C(CC(N)=O)c2cccnc2)CC1. The number of hydrogen-bond acceptors (Lipinski definition) is 2. The second-order valence-corrected chi connectivity index (χ2v) is 4.66. The van der Waals surface area contributed by atoms with Gasteiger partial charge in [-0.05, 0) is 35.8 Å². The van der Waals surface area contributed by atoms with Gasteiger partial charge >= 0.3 is 0 Å². The molecule has 1 aromatic rings. The van der Waals surface area contributed by atoms with Gasteiger partial charge in [-0.1, -0.05) is 13.0 Å². The smallest absolute Gasteiger partial charge is 0.218 e. The zero-order valence-electron chi connectivity index (χ0n) is 8.94. The molecule has 0 spiro atoms. The van der Waals surface area contributed by atoms with E-state index >= 15 is 0 Å². The molecule has 80 valence electrons. The highest BCUT2D eigenvalue weighted by Crippen LogP contribution is 2.56. The van der Waals surface area contributed by atoms with E-state index in [-0.39, 0.29) is 17.2 Å². The maximum absolute atomic E-state index is 11.1. The molecule has 2 N–H and O–H groups in total. The Hall–Kier alpha value is -1.38. The van der Waals surface area contributed by atoms with Gasteiger partial charge in [-0.3, -0.25) is 9.78 Å². The summed E-state index contributed by atoms with van der Waals surface area (Å²) in [5.41, 5.74) is 6.69. The molecule has 1 aliphatic rings. The molecule has 0 bridgehead atoms. The number of amides is 1. The lowest BCUT2D eigenvalue weighted by molar-refractivity contribution is -0.118. The van der Waals surface area contributed by atoms with Gasteiger partial charge in [-0.2, -0.15) is 0 Å². The van der Waals surface area contributed by atoms with E-state index in [1.165, 1.54) is 12.8 Å². The molecule has 1 fully saturated rings. The van der Waals surface area contributed by atoms with Gasteiger partial charge < -0.3 is 5.73 Å². The van der Waals surface area contributed by atoms with E-state index in [1.807, 2.05) is 18.3 Å². The number of carbonyl (C=O) groups excluding carboxylic acids is 1. The fourth-order valence-electron chi connectivity index (χ4n) is 2.10. The molecule has 0 aliphatic heterocycles. The van der Waals surface area contributed by atoms with Crippen molar-refractivity contribution in [3.8, 4) is 0 Å². The van der Waals surface area contributed by atoms with Crippen LogP contribution in [0.2, 0.25) is 0 Å². The number of primary amides is 1. The minimum atomic E-state index is -0.225. The van der Waals surface area contributed by atoms with Crippen molar-refractivity contribution in [2.24, 2.45) is 11.1 Å². The number of pyridine rings is 1. The van der Waals surface area contributed by atoms with Crippen LogP contribution in [-0.2, 0) is 4.79 Å². The van der Waals surface area contributed by atoms with Gasteiger partial charge in [0.15, 0.2) is 0 Å². The molecule has 15 heavy (non-hydrogen) atoms. The first-order valence-electron chi connectivity index (χ1n) is 5.30. The zero-order chi connectivity index (χ0) is 10.9. The quantitative estimate of drug-likeness (QED) is 0.813. The number of hydrogen-bond donors (Lipinski definition) is 1. The molecule has 1 heterocycles. The summed E-state index contributed by atoms with van der Waals surface area (Å²) in [6, 6.07) is 3.94. The van der Waals surface area contributed by atoms with E-state index < -0.39 is 0 Å². The maximum Gasteiger partial charge on any atom is 0.218 e. The molecular formula is C12H16N2O. The van der Waals surface area contributed by atoms with Gasteiger partial charge in [0.2, 0.25) is 5.91 Å². The van der Waals surface area contributed by atoms with Gasteiger partial charge in [-0.15, -0.1) is 0 Å². The lowest BCUT2D eigenvalue weighted by Gasteiger charge is -2.22. The molecule has 1 amide bonds. The molecule has 3 heteroatoms. The number of nitrogens with two attached hydrogens (primary N) is 1. The summed E-state index contributed by atoms with van der Waals surface area (Å²) in [4.78, 5) is 15.2. The summed E-state index contributed by atoms with van der Waals surface area (Å²) in [6.07, 6.45) is 6.39. The van der Waals surface area contributed by atoms with E-state index in [9.17, 15) is 4.79 Å². The number of rotatable bonds is 4. The van der Waals surface area contributed by atoms with Crippen molar-refractivity contribution in [3.05, 3.63) is 30.1 Å². The molecule has 1 aromatic heterocycles. The van der Waals surface area contributed by atoms with Crippen molar-refractivity contribution in [2.75, 3.05) is 0 Å². The van der Waals surface area contributed by atoms with Crippen molar-refractivity contribution in [2.45, 2.75) is 32.1 Å². The topological polar surface area (TPSA) is 56.0 Å². The van der Waals surface area contributed by atoms with E-state index in [0.29, 0.717) is 6.42 Å². The average molecular weight is 204 g/mol. The predicted octanol–water partition coefficient (Wildman–Crippen LogP) is 1.84. The lowest BCUT2D eigenvalue weighted by atomic mass is 9.82. The highest BCUT2D eigenvalue weighted by molar-refractivity contribution is 5.75. The normalized spacial score (nSPS) is 19.5. The van der Waals surface area contributed by atoms with Crippen LogP contribution in [0.25, 0.3) is 0 Å². The molecule has 1 unspecified atom stereocenters. The molecule has 1 atom stereocenters. The highest BCUT2D eigenvalue weighted by atomic mass is 16.1. The summed E-state index contributed by atoms with van der Waals surface area (Å²) < 4.78 is 0. The van der Waals surface area contributed by atoms with Crippen LogP contribution in [0.1, 0.15) is 37.7 Å². The fourth-order valence-corrected chi connectivity index (χ4v) is 2.10. The van der Waals surface area contributed by atoms with Crippen molar-refractivity contribution in [3.63, 3.8) is 0 Å². The van der Waals surface area contributed by atoms with Crippen molar-refractivity contribution < 1.29 is 4.79 Å². The van der Waals surface area contributed by atoms with E-state index in [1.54, 1.807) is 6.20 Å². The molecule has 1 aliphatic carbocycles. The number of nitrogens with zero attached hydrogens (tertiary/aromatic N) is 1. The molecule has 3 nitrogen and oxygen atoms in total. The Balaban J connectivity index is 2.23. The minimum Gasteiger partial charge on any atom is -0.370 e. The second kappa shape index (κ2) is 3.65. The van der Waals surface area contributed by atoms with Crippen molar-refractivity contribution >= 4 is 5.91 Å². The van der Waals surface area contributed by atoms with Crippen LogP contribution in [-0.4, -0.2) is 10.9 Å². The summed E-state index contributed by atoms with van der Waals surface area (Å²) in [6.45, 7) is 2.22. The van der Waals surface area contributed by atoms with Crippen LogP contribution in [0.4, 0.5) is 0 Å². The third kappa shape index (κ3) is 2.17. The third-order valence-electron chi connectivity index (χ3n) is 3.37. The summed E-state index contributed by atoms with van der Waals surface area (Å²) in [5, 5.41) is 0. The van der Waals surface area contributed by atoms with Crippen LogP contribution >= 0.6 is 0 Å². The Morgan fingerprint density at radius 1 is 1.67 bits per heavy atom. The summed E-state index contributed by atoms with van der Waals surface area (Å²) >= 11 is 0. The van der Waals surface area contributed by atoms with Gasteiger partial charge in [-0.25, -0.2) is 0 Å². The average Bonchev–Trinajstić information content (AvgIpc) is 2.95. The molecular weight excluding hydrogens is 188 g/mol. The largest absolute Gasteiger partial charge is 0.370 e. The predicted molar refractivity (Wildman–Crippen MR) is 58.1 cm³/mol. The first-order chi connectivity index (χ1) is 7.12. The molecule has 0 saturated heterocycles. The molecule has 1 saturated carbocycles. The van der Waals surface area contributed by atoms with Crippen LogP contribution in [0.5, 0.6) is 0 Å². The van der Waals surface area contributed by atoms with Crippen LogP contribution < -0.4 is 5.73 Å². The Bertz CT molecular complexity index is 357. The number of aromatic nitrogens is 1. The highest BCUT2D eigenvalue weighted by Gasteiger charge is 2.45. The molecule has 0 aromatic carbocycles. The minimum absolute atomic E-state index is 0.225. The number of carbonyl (C=O) groups is 1. The monoisotopic (exact) mass is 204 g/mol. The van der Waals surface area contributed by atoms with E-state index in [2.05, 4.69) is 11.9 Å². The first kappa shape index (κ1) is 10.1. The maximum atomic E-state index is 11.1. The standard InChI is InChI=1S/C12H16N2O/c1-12(4-5-12)10(7-11(13)15)9-3-2-6-14-8-9/h2-3,6,8,10H,4-5,7H2,1H3,(H2,13,15). The van der Waals surface area contributed by atoms with Gasteiger partial charge in [0.1, 0.15) is 0 Å². The Morgan fingerprint density at radius 2 is 2.40 bits per heavy atom.